The number of carbonyl (C=O) groups is 1. The quantitative estimate of drug-likeness (QED) is 0.463. The predicted octanol–water partition coefficient (Wildman–Crippen LogP) is -2.44. The van der Waals surface area contributed by atoms with Gasteiger partial charge in [-0.3, -0.25) is 0 Å². The van der Waals surface area contributed by atoms with Gasteiger partial charge < -0.3 is 21.7 Å². The highest BCUT2D eigenvalue weighted by Crippen LogP contribution is 2.12. The number of methoxy groups -OCH3 is 1. The number of rotatable bonds is 3. The maximum atomic E-state index is 11.4. The van der Waals surface area contributed by atoms with E-state index in [1.54, 1.807) is 31.6 Å². The highest BCUT2D eigenvalue weighted by Gasteiger charge is 2.24. The summed E-state index contributed by atoms with van der Waals surface area (Å²) in [6, 6.07) is 3.19. The fraction of sp³-hybridized carbons (Fsp3) is 0.250. The lowest BCUT2D eigenvalue weighted by Crippen LogP contribution is -3.00. The van der Waals surface area contributed by atoms with Gasteiger partial charge in [-0.2, -0.15) is 0 Å². The molecule has 1 atom stereocenters. The second-order valence-electron chi connectivity index (χ2n) is 3.69. The van der Waals surface area contributed by atoms with Gasteiger partial charge in [-0.15, -0.1) is 0 Å². The van der Waals surface area contributed by atoms with Crippen molar-refractivity contribution in [1.82, 2.24) is 15.1 Å². The van der Waals surface area contributed by atoms with Crippen molar-refractivity contribution < 1.29 is 31.2 Å². The highest BCUT2D eigenvalue weighted by atomic mass is 79.9. The molecule has 0 N–H and O–H groups in total. The average Bonchev–Trinajstić information content (AvgIpc) is 2.47. The van der Waals surface area contributed by atoms with Crippen molar-refractivity contribution in [2.24, 2.45) is 0 Å². The van der Waals surface area contributed by atoms with Gasteiger partial charge >= 0.3 is 5.97 Å². The Morgan fingerprint density at radius 2 is 2.21 bits per heavy atom. The first-order valence-corrected chi connectivity index (χ1v) is 5.44. The summed E-state index contributed by atoms with van der Waals surface area (Å²) < 4.78 is 6.20. The van der Waals surface area contributed by atoms with Gasteiger partial charge in [0, 0.05) is 24.8 Å². The minimum Gasteiger partial charge on any atom is -1.00 e. The second-order valence-corrected chi connectivity index (χ2v) is 3.69. The number of halogens is 1. The summed E-state index contributed by atoms with van der Waals surface area (Å²) in [4.78, 5) is 19.3. The summed E-state index contributed by atoms with van der Waals surface area (Å²) >= 11 is 0. The SMILES string of the molecule is COC(=O)C(C)[n+]1ccc(-c2ccncn2)cn1.[Br-]. The third-order valence-corrected chi connectivity index (χ3v) is 2.55. The third kappa shape index (κ3) is 3.54. The van der Waals surface area contributed by atoms with Crippen LogP contribution in [0.3, 0.4) is 0 Å². The number of carbonyl (C=O) groups excluding carboxylic acids is 1. The van der Waals surface area contributed by atoms with Gasteiger partial charge in [0.05, 0.1) is 12.8 Å². The Balaban J connectivity index is 0.00000180. The molecule has 0 saturated carbocycles. The molecule has 0 spiro atoms. The van der Waals surface area contributed by atoms with Crippen LogP contribution in [-0.2, 0) is 9.53 Å². The zero-order valence-corrected chi connectivity index (χ0v) is 12.1. The van der Waals surface area contributed by atoms with Crippen LogP contribution in [0, 0.1) is 0 Å². The number of nitrogens with zero attached hydrogens (tertiary/aromatic N) is 4. The zero-order chi connectivity index (χ0) is 13.0. The molecule has 0 bridgehead atoms. The van der Waals surface area contributed by atoms with Gasteiger partial charge in [0.15, 0.2) is 6.20 Å². The summed E-state index contributed by atoms with van der Waals surface area (Å²) in [5.41, 5.74) is 1.65. The van der Waals surface area contributed by atoms with Crippen LogP contribution in [0.25, 0.3) is 11.3 Å². The number of aromatic nitrogens is 4. The highest BCUT2D eigenvalue weighted by molar-refractivity contribution is 5.71. The van der Waals surface area contributed by atoms with Crippen LogP contribution in [0.1, 0.15) is 13.0 Å². The normalized spacial score (nSPS) is 11.3. The molecule has 0 aliphatic heterocycles. The van der Waals surface area contributed by atoms with Crippen LogP contribution in [0.15, 0.2) is 37.1 Å². The Morgan fingerprint density at radius 3 is 2.74 bits per heavy atom. The number of esters is 1. The fourth-order valence-corrected chi connectivity index (χ4v) is 1.49. The maximum absolute atomic E-state index is 11.4. The molecular formula is C12H13BrN4O2. The Morgan fingerprint density at radius 1 is 1.42 bits per heavy atom. The van der Waals surface area contributed by atoms with E-state index >= 15 is 0 Å². The van der Waals surface area contributed by atoms with E-state index in [0.29, 0.717) is 0 Å². The van der Waals surface area contributed by atoms with E-state index in [9.17, 15) is 4.79 Å². The summed E-state index contributed by atoms with van der Waals surface area (Å²) in [5.74, 6) is -0.331. The van der Waals surface area contributed by atoms with Crippen molar-refractivity contribution in [2.45, 2.75) is 13.0 Å². The van der Waals surface area contributed by atoms with Crippen LogP contribution < -0.4 is 21.7 Å². The standard InChI is InChI=1S/C12H13N4O2.BrH/c1-9(12(17)18-2)16-6-4-10(7-15-16)11-3-5-13-8-14-11;/h3-9H,1-2H3;1H/q+1;/p-1. The third-order valence-electron chi connectivity index (χ3n) is 2.55. The van der Waals surface area contributed by atoms with Crippen molar-refractivity contribution in [3.05, 3.63) is 37.1 Å². The molecule has 0 aliphatic carbocycles. The molecule has 0 fully saturated rings. The molecule has 2 rings (SSSR count). The Labute approximate surface area is 121 Å². The van der Waals surface area contributed by atoms with Crippen LogP contribution in [0.4, 0.5) is 0 Å². The minimum absolute atomic E-state index is 0. The molecule has 0 aliphatic rings. The Kier molecular flexibility index (Phi) is 5.50. The monoisotopic (exact) mass is 324 g/mol. The van der Waals surface area contributed by atoms with Crippen molar-refractivity contribution in [3.63, 3.8) is 0 Å². The van der Waals surface area contributed by atoms with Crippen molar-refractivity contribution >= 4 is 5.97 Å². The largest absolute Gasteiger partial charge is 1.00 e. The first-order chi connectivity index (χ1) is 8.72. The zero-order valence-electron chi connectivity index (χ0n) is 10.5. The van der Waals surface area contributed by atoms with E-state index in [1.165, 1.54) is 18.1 Å². The molecule has 19 heavy (non-hydrogen) atoms. The summed E-state index contributed by atoms with van der Waals surface area (Å²) in [5, 5.41) is 4.18. The van der Waals surface area contributed by atoms with Crippen LogP contribution in [0.2, 0.25) is 0 Å². The van der Waals surface area contributed by atoms with Crippen molar-refractivity contribution in [2.75, 3.05) is 7.11 Å². The molecule has 2 aromatic heterocycles. The maximum Gasteiger partial charge on any atom is 0.377 e. The van der Waals surface area contributed by atoms with Gasteiger partial charge in [-0.05, 0) is 11.2 Å². The van der Waals surface area contributed by atoms with Gasteiger partial charge in [0.25, 0.3) is 6.04 Å². The van der Waals surface area contributed by atoms with Gasteiger partial charge in [-0.25, -0.2) is 14.8 Å². The first kappa shape index (κ1) is 15.2. The molecule has 100 valence electrons. The van der Waals surface area contributed by atoms with Gasteiger partial charge in [0.1, 0.15) is 12.5 Å². The lowest BCUT2D eigenvalue weighted by atomic mass is 10.2. The first-order valence-electron chi connectivity index (χ1n) is 5.44. The molecule has 0 aromatic carbocycles. The average molecular weight is 325 g/mol. The number of hydrogen-bond donors (Lipinski definition) is 0. The number of hydrogen-bond acceptors (Lipinski definition) is 5. The van der Waals surface area contributed by atoms with Crippen molar-refractivity contribution in [3.8, 4) is 11.3 Å². The molecular weight excluding hydrogens is 312 g/mol. The van der Waals surface area contributed by atoms with E-state index in [-0.39, 0.29) is 23.0 Å². The molecule has 2 aromatic rings. The van der Waals surface area contributed by atoms with Crippen LogP contribution in [-0.4, -0.2) is 28.1 Å². The van der Waals surface area contributed by atoms with Crippen LogP contribution in [0.5, 0.6) is 0 Å². The molecule has 1 unspecified atom stereocenters. The minimum atomic E-state index is -0.450. The summed E-state index contributed by atoms with van der Waals surface area (Å²) in [6.45, 7) is 1.73. The summed E-state index contributed by atoms with van der Waals surface area (Å²) in [6.07, 6.45) is 6.52. The lowest BCUT2D eigenvalue weighted by molar-refractivity contribution is -0.763. The Hall–Kier alpha value is -1.89. The van der Waals surface area contributed by atoms with Crippen LogP contribution >= 0.6 is 0 Å². The molecule has 0 saturated heterocycles. The van der Waals surface area contributed by atoms with Crippen molar-refractivity contribution in [1.29, 1.82) is 0 Å². The molecule has 2 heterocycles. The summed E-state index contributed by atoms with van der Waals surface area (Å²) in [7, 11) is 1.36. The molecule has 0 amide bonds. The second kappa shape index (κ2) is 6.89. The van der Waals surface area contributed by atoms with Gasteiger partial charge in [-0.1, -0.05) is 4.68 Å². The van der Waals surface area contributed by atoms with E-state index < -0.39 is 6.04 Å². The van der Waals surface area contributed by atoms with Gasteiger partial charge in [0.2, 0.25) is 0 Å². The van der Waals surface area contributed by atoms with E-state index in [4.69, 9.17) is 0 Å². The van der Waals surface area contributed by atoms with E-state index in [2.05, 4.69) is 19.8 Å². The fourth-order valence-electron chi connectivity index (χ4n) is 1.49. The van der Waals surface area contributed by atoms with E-state index in [0.717, 1.165) is 11.3 Å². The topological polar surface area (TPSA) is 68.8 Å². The molecule has 6 nitrogen and oxygen atoms in total. The predicted molar refractivity (Wildman–Crippen MR) is 62.2 cm³/mol. The Bertz CT molecular complexity index is 533. The molecule has 0 radical (unpaired) electrons. The lowest BCUT2D eigenvalue weighted by Gasteiger charge is -2.03. The van der Waals surface area contributed by atoms with E-state index in [1.807, 2.05) is 6.07 Å². The smallest absolute Gasteiger partial charge is 0.377 e. The molecule has 7 heteroatoms. The number of ether oxygens (including phenoxy) is 1.